The van der Waals surface area contributed by atoms with Crippen LogP contribution in [-0.4, -0.2) is 24.9 Å². The topological polar surface area (TPSA) is 47.9 Å². The Morgan fingerprint density at radius 1 is 0.459 bits per heavy atom. The summed E-state index contributed by atoms with van der Waals surface area (Å²) in [6.07, 6.45) is 8.75. The Morgan fingerprint density at radius 2 is 0.967 bits per heavy atom. The second-order valence-corrected chi connectivity index (χ2v) is 15.1. The fraction of sp³-hybridized carbons (Fsp3) is 0.333. The maximum atomic E-state index is 15.1. The van der Waals surface area contributed by atoms with Crippen LogP contribution in [0.2, 0.25) is 0 Å². The van der Waals surface area contributed by atoms with Crippen LogP contribution in [0.15, 0.2) is 66.7 Å². The Kier molecular flexibility index (Phi) is 15.0. The fourth-order valence-electron chi connectivity index (χ4n) is 7.46. The van der Waals surface area contributed by atoms with E-state index in [0.717, 1.165) is 87.8 Å². The van der Waals surface area contributed by atoms with Gasteiger partial charge in [-0.15, -0.1) is 0 Å². The Morgan fingerprint density at radius 3 is 1.59 bits per heavy atom. The smallest absolute Gasteiger partial charge is 0.201 e. The molecule has 0 radical (unpaired) electrons. The SMILES string of the molecule is CCOc1ccc2cc(-c3ccc(OCCCCCCC(C)CCCCCCOc4ccc(-c5cc6ccc(O)c(F)c6c(F)c5F)c(F)c4F)c(F)c3F)cc(F)c2c1F. The highest BCUT2D eigenvalue weighted by molar-refractivity contribution is 5.91. The fourth-order valence-corrected chi connectivity index (χ4v) is 7.46. The number of ether oxygens (including phenoxy) is 3. The molecule has 0 spiro atoms. The summed E-state index contributed by atoms with van der Waals surface area (Å²) in [6, 6.07) is 13.1. The molecule has 6 rings (SSSR count). The number of aromatic hydroxyl groups is 1. The lowest BCUT2D eigenvalue weighted by Gasteiger charge is -2.13. The second kappa shape index (κ2) is 20.3. The third kappa shape index (κ3) is 10.1. The van der Waals surface area contributed by atoms with E-state index in [1.807, 2.05) is 0 Å². The molecule has 0 aliphatic carbocycles. The van der Waals surface area contributed by atoms with Crippen LogP contribution in [0.25, 0.3) is 43.8 Å². The first kappa shape index (κ1) is 44.9. The number of phenols is 1. The van der Waals surface area contributed by atoms with Crippen molar-refractivity contribution in [2.45, 2.75) is 78.1 Å². The van der Waals surface area contributed by atoms with E-state index in [9.17, 15) is 35.8 Å². The van der Waals surface area contributed by atoms with Gasteiger partial charge in [0.25, 0.3) is 0 Å². The minimum atomic E-state index is -1.63. The largest absolute Gasteiger partial charge is 0.505 e. The summed E-state index contributed by atoms with van der Waals surface area (Å²) < 4.78 is 150. The van der Waals surface area contributed by atoms with Crippen LogP contribution < -0.4 is 14.2 Å². The van der Waals surface area contributed by atoms with Crippen molar-refractivity contribution in [3.05, 3.63) is 119 Å². The molecule has 0 aliphatic heterocycles. The van der Waals surface area contributed by atoms with Gasteiger partial charge in [0.05, 0.1) is 30.6 Å². The molecule has 0 aliphatic rings. The van der Waals surface area contributed by atoms with Gasteiger partial charge >= 0.3 is 0 Å². The van der Waals surface area contributed by atoms with E-state index >= 15 is 8.78 Å². The van der Waals surface area contributed by atoms with Crippen LogP contribution >= 0.6 is 0 Å². The summed E-state index contributed by atoms with van der Waals surface area (Å²) >= 11 is 0. The molecule has 1 unspecified atom stereocenters. The molecule has 6 aromatic carbocycles. The van der Waals surface area contributed by atoms with E-state index in [1.165, 1.54) is 30.3 Å². The molecule has 0 heterocycles. The average molecular weight is 857 g/mol. The highest BCUT2D eigenvalue weighted by atomic mass is 19.2. The van der Waals surface area contributed by atoms with Gasteiger partial charge in [-0.3, -0.25) is 0 Å². The molecule has 13 heteroatoms. The maximum absolute atomic E-state index is 15.1. The molecule has 61 heavy (non-hydrogen) atoms. The lowest BCUT2D eigenvalue weighted by atomic mass is 9.96. The molecular weight excluding hydrogens is 812 g/mol. The van der Waals surface area contributed by atoms with Crippen LogP contribution in [0.4, 0.5) is 39.5 Å². The lowest BCUT2D eigenvalue weighted by molar-refractivity contribution is 0.283. The summed E-state index contributed by atoms with van der Waals surface area (Å²) in [5.41, 5.74) is -1.29. The van der Waals surface area contributed by atoms with Gasteiger partial charge < -0.3 is 19.3 Å². The molecule has 4 nitrogen and oxygen atoms in total. The molecule has 0 saturated carbocycles. The van der Waals surface area contributed by atoms with Gasteiger partial charge in [0, 0.05) is 16.7 Å². The van der Waals surface area contributed by atoms with Gasteiger partial charge in [0.15, 0.2) is 57.9 Å². The van der Waals surface area contributed by atoms with E-state index in [-0.39, 0.29) is 64.4 Å². The molecule has 0 bridgehead atoms. The minimum absolute atomic E-state index is 0.0550. The first-order valence-corrected chi connectivity index (χ1v) is 20.4. The van der Waals surface area contributed by atoms with Gasteiger partial charge in [-0.2, -0.15) is 8.78 Å². The zero-order valence-electron chi connectivity index (χ0n) is 33.7. The molecule has 0 aromatic heterocycles. The van der Waals surface area contributed by atoms with E-state index < -0.39 is 74.6 Å². The van der Waals surface area contributed by atoms with Gasteiger partial charge in [0.1, 0.15) is 5.82 Å². The molecule has 0 saturated heterocycles. The summed E-state index contributed by atoms with van der Waals surface area (Å²) in [5, 5.41) is 8.46. The molecule has 1 N–H and O–H groups in total. The maximum Gasteiger partial charge on any atom is 0.201 e. The summed E-state index contributed by atoms with van der Waals surface area (Å²) in [4.78, 5) is 0. The zero-order valence-corrected chi connectivity index (χ0v) is 33.7. The monoisotopic (exact) mass is 856 g/mol. The number of fused-ring (bicyclic) bond motifs is 2. The molecule has 0 fully saturated rings. The van der Waals surface area contributed by atoms with Gasteiger partial charge in [0.2, 0.25) is 11.6 Å². The van der Waals surface area contributed by atoms with Gasteiger partial charge in [-0.1, -0.05) is 70.4 Å². The number of phenolic OH excluding ortho intramolecular Hbond substituents is 1. The van der Waals surface area contributed by atoms with Gasteiger partial charge in [-0.05, 0) is 96.6 Å². The lowest BCUT2D eigenvalue weighted by Crippen LogP contribution is -2.03. The van der Waals surface area contributed by atoms with Gasteiger partial charge in [-0.25, -0.2) is 30.7 Å². The van der Waals surface area contributed by atoms with Crippen molar-refractivity contribution in [1.82, 2.24) is 0 Å². The van der Waals surface area contributed by atoms with Crippen LogP contribution in [0.5, 0.6) is 23.0 Å². The number of unbranched alkanes of at least 4 members (excludes halogenated alkanes) is 6. The first-order chi connectivity index (χ1) is 29.3. The summed E-state index contributed by atoms with van der Waals surface area (Å²) in [6.45, 7) is 4.36. The Hall–Kier alpha value is -5.59. The number of hydrogen-bond donors (Lipinski definition) is 1. The molecular formula is C48H45F9O4. The van der Waals surface area contributed by atoms with Crippen molar-refractivity contribution in [2.24, 2.45) is 5.92 Å². The number of halogens is 9. The van der Waals surface area contributed by atoms with Crippen molar-refractivity contribution in [1.29, 1.82) is 0 Å². The van der Waals surface area contributed by atoms with Crippen LogP contribution in [0.1, 0.15) is 78.1 Å². The normalized spacial score (nSPS) is 12.0. The highest BCUT2D eigenvalue weighted by Crippen LogP contribution is 2.39. The Labute approximate surface area is 347 Å². The standard InChI is InChI=1S/C48H45F9O4/c1-3-59-36-19-15-28-24-30(26-34(49)39(28)45(36)54)31-16-20-37(46(55)41(31)50)60-22-10-6-4-8-12-27(2)13-9-5-7-11-23-61-38-21-17-32(42(51)47(38)56)33-25-29-14-18-35(58)44(53)40(29)48(57)43(33)52/h14-21,24-27,58H,3-13,22-23H2,1-2H3. The Balaban J connectivity index is 0.854. The van der Waals surface area contributed by atoms with Crippen LogP contribution in [-0.2, 0) is 0 Å². The second-order valence-electron chi connectivity index (χ2n) is 15.1. The van der Waals surface area contributed by atoms with E-state index in [2.05, 4.69) is 6.92 Å². The number of rotatable bonds is 20. The third-order valence-corrected chi connectivity index (χ3v) is 10.8. The molecule has 1 atom stereocenters. The van der Waals surface area contributed by atoms with E-state index in [4.69, 9.17) is 14.2 Å². The van der Waals surface area contributed by atoms with Crippen molar-refractivity contribution in [3.63, 3.8) is 0 Å². The van der Waals surface area contributed by atoms with Crippen LogP contribution in [0, 0.1) is 58.3 Å². The zero-order chi connectivity index (χ0) is 43.8. The van der Waals surface area contributed by atoms with E-state index in [1.54, 1.807) is 6.92 Å². The number of hydrogen-bond acceptors (Lipinski definition) is 4. The summed E-state index contributed by atoms with van der Waals surface area (Å²) in [5.74, 6) is -12.6. The van der Waals surface area contributed by atoms with Crippen molar-refractivity contribution < 1.29 is 58.8 Å². The predicted molar refractivity (Wildman–Crippen MR) is 218 cm³/mol. The van der Waals surface area contributed by atoms with Crippen molar-refractivity contribution in [3.8, 4) is 45.3 Å². The van der Waals surface area contributed by atoms with E-state index in [0.29, 0.717) is 18.8 Å². The molecule has 324 valence electrons. The third-order valence-electron chi connectivity index (χ3n) is 10.8. The van der Waals surface area contributed by atoms with Crippen molar-refractivity contribution in [2.75, 3.05) is 19.8 Å². The average Bonchev–Trinajstić information content (AvgIpc) is 3.23. The Bertz CT molecular complexity index is 2510. The predicted octanol–water partition coefficient (Wildman–Crippen LogP) is 14.7. The highest BCUT2D eigenvalue weighted by Gasteiger charge is 2.24. The molecule has 6 aromatic rings. The van der Waals surface area contributed by atoms with Crippen LogP contribution in [0.3, 0.4) is 0 Å². The quantitative estimate of drug-likeness (QED) is 0.0614. The van der Waals surface area contributed by atoms with Crippen molar-refractivity contribution >= 4 is 21.5 Å². The summed E-state index contributed by atoms with van der Waals surface area (Å²) in [7, 11) is 0. The first-order valence-electron chi connectivity index (χ1n) is 20.4. The molecule has 0 amide bonds. The number of benzene rings is 6. The minimum Gasteiger partial charge on any atom is -0.505 e.